The van der Waals surface area contributed by atoms with Crippen LogP contribution in [0.3, 0.4) is 0 Å². The van der Waals surface area contributed by atoms with Crippen molar-refractivity contribution in [2.24, 2.45) is 0 Å². The first-order valence-electron chi connectivity index (χ1n) is 8.14. The highest BCUT2D eigenvalue weighted by Crippen LogP contribution is 2.26. The Morgan fingerprint density at radius 1 is 1.19 bits per heavy atom. The van der Waals surface area contributed by atoms with Crippen molar-refractivity contribution in [3.8, 4) is 0 Å². The van der Waals surface area contributed by atoms with Crippen molar-refractivity contribution in [3.63, 3.8) is 0 Å². The SMILES string of the molecule is Cc1cncc(S(=O)(=O)c2ccc(CN3C=CC4=CCOC4=C3)cc2)n1. The van der Waals surface area contributed by atoms with E-state index in [2.05, 4.69) is 9.97 Å². The minimum absolute atomic E-state index is 0.0355. The summed E-state index contributed by atoms with van der Waals surface area (Å²) >= 11 is 0. The molecule has 0 radical (unpaired) electrons. The summed E-state index contributed by atoms with van der Waals surface area (Å²) in [6, 6.07) is 6.83. The maximum Gasteiger partial charge on any atom is 0.225 e. The van der Waals surface area contributed by atoms with Gasteiger partial charge in [0.1, 0.15) is 12.4 Å². The molecule has 1 aromatic carbocycles. The number of nitrogens with zero attached hydrogens (tertiary/aromatic N) is 3. The fourth-order valence-electron chi connectivity index (χ4n) is 2.81. The van der Waals surface area contributed by atoms with Gasteiger partial charge in [-0.15, -0.1) is 0 Å². The number of rotatable bonds is 4. The van der Waals surface area contributed by atoms with Crippen molar-refractivity contribution < 1.29 is 13.2 Å². The average Bonchev–Trinajstić information content (AvgIpc) is 3.10. The van der Waals surface area contributed by atoms with E-state index in [1.165, 1.54) is 12.4 Å². The van der Waals surface area contributed by atoms with E-state index in [0.29, 0.717) is 18.8 Å². The molecule has 26 heavy (non-hydrogen) atoms. The van der Waals surface area contributed by atoms with E-state index in [-0.39, 0.29) is 9.92 Å². The van der Waals surface area contributed by atoms with Gasteiger partial charge in [-0.3, -0.25) is 4.98 Å². The monoisotopic (exact) mass is 367 g/mol. The molecule has 1 aromatic heterocycles. The van der Waals surface area contributed by atoms with Crippen LogP contribution in [0.15, 0.2) is 82.5 Å². The summed E-state index contributed by atoms with van der Waals surface area (Å²) in [6.07, 6.45) is 10.8. The van der Waals surface area contributed by atoms with Gasteiger partial charge in [0, 0.05) is 30.7 Å². The van der Waals surface area contributed by atoms with E-state index >= 15 is 0 Å². The number of sulfone groups is 1. The first-order valence-corrected chi connectivity index (χ1v) is 9.62. The van der Waals surface area contributed by atoms with Gasteiger partial charge in [-0.25, -0.2) is 13.4 Å². The molecule has 0 N–H and O–H groups in total. The van der Waals surface area contributed by atoms with Crippen LogP contribution in [0.2, 0.25) is 0 Å². The Labute approximate surface area is 152 Å². The molecule has 0 fully saturated rings. The molecule has 7 heteroatoms. The summed E-state index contributed by atoms with van der Waals surface area (Å²) in [5.41, 5.74) is 2.66. The molecule has 4 rings (SSSR count). The average molecular weight is 367 g/mol. The highest BCUT2D eigenvalue weighted by molar-refractivity contribution is 7.91. The molecular formula is C19H17N3O3S. The number of aryl methyl sites for hydroxylation is 1. The van der Waals surface area contributed by atoms with Crippen LogP contribution in [-0.4, -0.2) is 29.9 Å². The van der Waals surface area contributed by atoms with Gasteiger partial charge in [-0.2, -0.15) is 0 Å². The van der Waals surface area contributed by atoms with E-state index in [9.17, 15) is 8.42 Å². The Morgan fingerprint density at radius 2 is 2.00 bits per heavy atom. The minimum Gasteiger partial charge on any atom is -0.487 e. The van der Waals surface area contributed by atoms with Crippen molar-refractivity contribution in [1.29, 1.82) is 0 Å². The number of hydrogen-bond donors (Lipinski definition) is 0. The van der Waals surface area contributed by atoms with E-state index in [1.807, 2.05) is 41.6 Å². The molecule has 6 nitrogen and oxygen atoms in total. The predicted molar refractivity (Wildman–Crippen MR) is 95.5 cm³/mol. The largest absolute Gasteiger partial charge is 0.487 e. The Kier molecular flexibility index (Phi) is 4.08. The molecule has 0 saturated heterocycles. The van der Waals surface area contributed by atoms with Gasteiger partial charge in [0.15, 0.2) is 5.03 Å². The summed E-state index contributed by atoms with van der Waals surface area (Å²) in [4.78, 5) is 10.2. The third-order valence-corrected chi connectivity index (χ3v) is 5.80. The molecule has 0 atom stereocenters. The minimum atomic E-state index is -3.66. The van der Waals surface area contributed by atoms with E-state index < -0.39 is 9.84 Å². The molecular weight excluding hydrogens is 350 g/mol. The summed E-state index contributed by atoms with van der Waals surface area (Å²) in [5, 5.41) is -0.0355. The number of ether oxygens (including phenoxy) is 1. The second-order valence-electron chi connectivity index (χ2n) is 6.10. The topological polar surface area (TPSA) is 72.4 Å². The van der Waals surface area contributed by atoms with Crippen LogP contribution in [0.1, 0.15) is 11.3 Å². The van der Waals surface area contributed by atoms with Crippen molar-refractivity contribution in [3.05, 3.63) is 83.8 Å². The van der Waals surface area contributed by atoms with E-state index in [1.54, 1.807) is 19.1 Å². The predicted octanol–water partition coefficient (Wildman–Crippen LogP) is 2.75. The third-order valence-electron chi connectivity index (χ3n) is 4.16. The molecule has 2 aliphatic rings. The lowest BCUT2D eigenvalue weighted by atomic mass is 10.1. The maximum atomic E-state index is 12.7. The van der Waals surface area contributed by atoms with Gasteiger partial charge in [0.2, 0.25) is 9.84 Å². The fraction of sp³-hybridized carbons (Fsp3) is 0.158. The number of aromatic nitrogens is 2. The first kappa shape index (κ1) is 16.5. The van der Waals surface area contributed by atoms with Crippen LogP contribution in [0, 0.1) is 6.92 Å². The Bertz CT molecular complexity index is 1040. The summed E-state index contributed by atoms with van der Waals surface area (Å²) < 4.78 is 30.8. The zero-order valence-corrected chi connectivity index (χ0v) is 15.0. The second kappa shape index (κ2) is 6.42. The van der Waals surface area contributed by atoms with Crippen LogP contribution in [0.25, 0.3) is 0 Å². The van der Waals surface area contributed by atoms with Gasteiger partial charge in [-0.1, -0.05) is 12.1 Å². The van der Waals surface area contributed by atoms with E-state index in [0.717, 1.165) is 16.9 Å². The van der Waals surface area contributed by atoms with Gasteiger partial charge < -0.3 is 9.64 Å². The molecule has 0 spiro atoms. The van der Waals surface area contributed by atoms with Crippen LogP contribution in [0.4, 0.5) is 0 Å². The summed E-state index contributed by atoms with van der Waals surface area (Å²) in [7, 11) is -3.66. The standard InChI is InChI=1S/C19H17N3O3S/c1-14-10-20-11-19(21-14)26(23,24)17-4-2-15(3-5-17)12-22-8-6-16-7-9-25-18(16)13-22/h2-8,10-11,13H,9,12H2,1H3. The Morgan fingerprint density at radius 3 is 2.77 bits per heavy atom. The van der Waals surface area contributed by atoms with Crippen LogP contribution >= 0.6 is 0 Å². The normalized spacial score (nSPS) is 16.0. The number of benzene rings is 1. The van der Waals surface area contributed by atoms with Crippen LogP contribution < -0.4 is 0 Å². The summed E-state index contributed by atoms with van der Waals surface area (Å²) in [6.45, 7) is 2.94. The molecule has 0 saturated carbocycles. The molecule has 2 aromatic rings. The van der Waals surface area contributed by atoms with E-state index in [4.69, 9.17) is 4.74 Å². The maximum absolute atomic E-state index is 12.7. The quantitative estimate of drug-likeness (QED) is 0.827. The van der Waals surface area contributed by atoms with Crippen molar-refractivity contribution >= 4 is 9.84 Å². The molecule has 132 valence electrons. The Balaban J connectivity index is 1.53. The number of hydrogen-bond acceptors (Lipinski definition) is 6. The van der Waals surface area contributed by atoms with Crippen LogP contribution in [-0.2, 0) is 21.1 Å². The molecule has 0 bridgehead atoms. The van der Waals surface area contributed by atoms with Crippen molar-refractivity contribution in [2.45, 2.75) is 23.4 Å². The van der Waals surface area contributed by atoms with Crippen LogP contribution in [0.5, 0.6) is 0 Å². The highest BCUT2D eigenvalue weighted by Gasteiger charge is 2.20. The molecule has 0 amide bonds. The van der Waals surface area contributed by atoms with Crippen molar-refractivity contribution in [2.75, 3.05) is 6.61 Å². The lowest BCUT2D eigenvalue weighted by Gasteiger charge is -2.20. The third kappa shape index (κ3) is 3.13. The van der Waals surface area contributed by atoms with Gasteiger partial charge in [0.05, 0.1) is 16.8 Å². The summed E-state index contributed by atoms with van der Waals surface area (Å²) in [5.74, 6) is 0.865. The zero-order chi connectivity index (χ0) is 18.1. The highest BCUT2D eigenvalue weighted by atomic mass is 32.2. The lowest BCUT2D eigenvalue weighted by Crippen LogP contribution is -2.13. The number of allylic oxidation sites excluding steroid dienone is 1. The van der Waals surface area contributed by atoms with Crippen molar-refractivity contribution in [1.82, 2.24) is 14.9 Å². The fourth-order valence-corrected chi connectivity index (χ4v) is 4.01. The smallest absolute Gasteiger partial charge is 0.225 e. The van der Waals surface area contributed by atoms with Gasteiger partial charge in [0.25, 0.3) is 0 Å². The molecule has 0 unspecified atom stereocenters. The number of fused-ring (bicyclic) bond motifs is 1. The zero-order valence-electron chi connectivity index (χ0n) is 14.2. The molecule has 3 heterocycles. The molecule has 0 aliphatic carbocycles. The Hall–Kier alpha value is -2.93. The molecule has 2 aliphatic heterocycles. The second-order valence-corrected chi connectivity index (χ2v) is 7.99. The van der Waals surface area contributed by atoms with Gasteiger partial charge >= 0.3 is 0 Å². The lowest BCUT2D eigenvalue weighted by molar-refractivity contribution is 0.265. The van der Waals surface area contributed by atoms with Gasteiger partial charge in [-0.05, 0) is 36.8 Å². The first-order chi connectivity index (χ1) is 12.5.